The van der Waals surface area contributed by atoms with E-state index in [1.165, 1.54) is 10.5 Å². The number of nitrogens with zero attached hydrogens (tertiary/aromatic N) is 2. The Bertz CT molecular complexity index is 607. The molecule has 1 N–H and O–H groups in total. The van der Waals surface area contributed by atoms with Gasteiger partial charge in [0.2, 0.25) is 11.8 Å². The number of amides is 2. The minimum absolute atomic E-state index is 0.0392. The number of nitrogens with one attached hydrogen (secondary N) is 1. The highest BCUT2D eigenvalue weighted by Crippen LogP contribution is 2.30. The second kappa shape index (κ2) is 7.24. The van der Waals surface area contributed by atoms with Crippen LogP contribution in [0.4, 0.5) is 5.69 Å². The van der Waals surface area contributed by atoms with Crippen LogP contribution in [0.15, 0.2) is 24.3 Å². The van der Waals surface area contributed by atoms with E-state index in [0.717, 1.165) is 18.5 Å². The number of hydrogen-bond donors (Lipinski definition) is 1. The molecule has 0 bridgehead atoms. The van der Waals surface area contributed by atoms with Gasteiger partial charge in [-0.05, 0) is 52.2 Å². The zero-order valence-corrected chi connectivity index (χ0v) is 15.4. The molecule has 1 heterocycles. The third-order valence-corrected chi connectivity index (χ3v) is 4.29. The second-order valence-electron chi connectivity index (χ2n) is 7.69. The molecule has 0 fully saturated rings. The molecule has 132 valence electrons. The first kappa shape index (κ1) is 18.3. The van der Waals surface area contributed by atoms with Crippen LogP contribution in [0.25, 0.3) is 0 Å². The van der Waals surface area contributed by atoms with Crippen molar-refractivity contribution >= 4 is 17.5 Å². The fraction of sp³-hybridized carbons (Fsp3) is 0.579. The number of para-hydroxylation sites is 1. The predicted octanol–water partition coefficient (Wildman–Crippen LogP) is 2.20. The van der Waals surface area contributed by atoms with Gasteiger partial charge in [-0.3, -0.25) is 9.59 Å². The SMILES string of the molecule is CC1CCc2ccccc2N1CC(=O)N(C)CC(=O)NC(C)(C)C. The van der Waals surface area contributed by atoms with Crippen LogP contribution in [-0.4, -0.2) is 48.4 Å². The zero-order valence-electron chi connectivity index (χ0n) is 15.4. The minimum Gasteiger partial charge on any atom is -0.359 e. The maximum absolute atomic E-state index is 12.6. The Morgan fingerprint density at radius 1 is 1.29 bits per heavy atom. The first-order valence-electron chi connectivity index (χ1n) is 8.57. The summed E-state index contributed by atoms with van der Waals surface area (Å²) in [5.41, 5.74) is 2.13. The number of benzene rings is 1. The normalized spacial score (nSPS) is 17.2. The second-order valence-corrected chi connectivity index (χ2v) is 7.69. The molecule has 24 heavy (non-hydrogen) atoms. The lowest BCUT2D eigenvalue weighted by atomic mass is 9.96. The van der Waals surface area contributed by atoms with Gasteiger partial charge < -0.3 is 15.1 Å². The largest absolute Gasteiger partial charge is 0.359 e. The van der Waals surface area contributed by atoms with Crippen molar-refractivity contribution in [1.29, 1.82) is 0 Å². The lowest BCUT2D eigenvalue weighted by Gasteiger charge is -2.37. The van der Waals surface area contributed by atoms with Crippen molar-refractivity contribution in [2.75, 3.05) is 25.0 Å². The van der Waals surface area contributed by atoms with E-state index in [1.54, 1.807) is 7.05 Å². The van der Waals surface area contributed by atoms with Gasteiger partial charge in [0.1, 0.15) is 0 Å². The van der Waals surface area contributed by atoms with E-state index in [9.17, 15) is 9.59 Å². The Morgan fingerprint density at radius 3 is 2.62 bits per heavy atom. The highest BCUT2D eigenvalue weighted by atomic mass is 16.2. The van der Waals surface area contributed by atoms with Gasteiger partial charge in [0.05, 0.1) is 13.1 Å². The Hall–Kier alpha value is -2.04. The standard InChI is InChI=1S/C19H29N3O2/c1-14-10-11-15-8-6-7-9-16(15)22(14)13-18(24)21(5)12-17(23)20-19(2,3)4/h6-9,14H,10-13H2,1-5H3,(H,20,23). The van der Waals surface area contributed by atoms with Gasteiger partial charge in [0.25, 0.3) is 0 Å². The molecule has 2 amide bonds. The van der Waals surface area contributed by atoms with Gasteiger partial charge in [-0.15, -0.1) is 0 Å². The van der Waals surface area contributed by atoms with Crippen LogP contribution in [0.3, 0.4) is 0 Å². The number of hydrogen-bond acceptors (Lipinski definition) is 3. The zero-order chi connectivity index (χ0) is 17.9. The number of anilines is 1. The molecule has 0 aromatic heterocycles. The Balaban J connectivity index is 2.00. The van der Waals surface area contributed by atoms with Gasteiger partial charge in [-0.25, -0.2) is 0 Å². The molecule has 1 atom stereocenters. The van der Waals surface area contributed by atoms with Gasteiger partial charge in [0, 0.05) is 24.3 Å². The summed E-state index contributed by atoms with van der Waals surface area (Å²) < 4.78 is 0. The molecule has 2 rings (SSSR count). The van der Waals surface area contributed by atoms with Crippen LogP contribution in [0.5, 0.6) is 0 Å². The summed E-state index contributed by atoms with van der Waals surface area (Å²) in [6.07, 6.45) is 2.09. The number of aryl methyl sites for hydroxylation is 1. The van der Waals surface area contributed by atoms with Crippen LogP contribution in [0.2, 0.25) is 0 Å². The molecule has 1 aromatic rings. The van der Waals surface area contributed by atoms with Gasteiger partial charge in [-0.2, -0.15) is 0 Å². The summed E-state index contributed by atoms with van der Waals surface area (Å²) in [5.74, 6) is -0.173. The van der Waals surface area contributed by atoms with E-state index >= 15 is 0 Å². The van der Waals surface area contributed by atoms with E-state index in [0.29, 0.717) is 12.6 Å². The molecule has 1 unspecified atom stereocenters. The molecule has 5 nitrogen and oxygen atoms in total. The van der Waals surface area contributed by atoms with Crippen molar-refractivity contribution in [3.8, 4) is 0 Å². The van der Waals surface area contributed by atoms with Gasteiger partial charge >= 0.3 is 0 Å². The lowest BCUT2D eigenvalue weighted by molar-refractivity contribution is -0.134. The van der Waals surface area contributed by atoms with Crippen molar-refractivity contribution in [2.24, 2.45) is 0 Å². The summed E-state index contributed by atoms with van der Waals surface area (Å²) in [6, 6.07) is 8.57. The average Bonchev–Trinajstić information content (AvgIpc) is 2.48. The fourth-order valence-corrected chi connectivity index (χ4v) is 3.03. The van der Waals surface area contributed by atoms with Crippen molar-refractivity contribution in [1.82, 2.24) is 10.2 Å². The summed E-state index contributed by atoms with van der Waals surface area (Å²) in [5, 5.41) is 2.89. The van der Waals surface area contributed by atoms with Crippen molar-refractivity contribution in [2.45, 2.75) is 52.1 Å². The Kier molecular flexibility index (Phi) is 5.52. The summed E-state index contributed by atoms with van der Waals surface area (Å²) in [7, 11) is 1.69. The fourth-order valence-electron chi connectivity index (χ4n) is 3.03. The molecule has 0 saturated heterocycles. The van der Waals surface area contributed by atoms with E-state index in [1.807, 2.05) is 32.9 Å². The Morgan fingerprint density at radius 2 is 1.96 bits per heavy atom. The maximum Gasteiger partial charge on any atom is 0.242 e. The molecule has 0 spiro atoms. The highest BCUT2D eigenvalue weighted by Gasteiger charge is 2.26. The van der Waals surface area contributed by atoms with E-state index in [4.69, 9.17) is 0 Å². The van der Waals surface area contributed by atoms with Crippen LogP contribution < -0.4 is 10.2 Å². The third-order valence-electron chi connectivity index (χ3n) is 4.29. The summed E-state index contributed by atoms with van der Waals surface area (Å²) >= 11 is 0. The lowest BCUT2D eigenvalue weighted by Crippen LogP contribution is -2.49. The minimum atomic E-state index is -0.290. The molecule has 0 aliphatic carbocycles. The average molecular weight is 331 g/mol. The van der Waals surface area contributed by atoms with Crippen molar-refractivity contribution in [3.05, 3.63) is 29.8 Å². The monoisotopic (exact) mass is 331 g/mol. The third kappa shape index (κ3) is 4.73. The first-order chi connectivity index (χ1) is 11.2. The molecular formula is C19H29N3O2. The number of likely N-dealkylation sites (N-methyl/N-ethyl adjacent to an activating group) is 1. The van der Waals surface area contributed by atoms with Crippen LogP contribution >= 0.6 is 0 Å². The number of rotatable bonds is 4. The van der Waals surface area contributed by atoms with E-state index < -0.39 is 0 Å². The predicted molar refractivity (Wildman–Crippen MR) is 97.1 cm³/mol. The molecule has 0 saturated carbocycles. The van der Waals surface area contributed by atoms with E-state index in [2.05, 4.69) is 29.3 Å². The van der Waals surface area contributed by atoms with Gasteiger partial charge in [0.15, 0.2) is 0 Å². The van der Waals surface area contributed by atoms with E-state index in [-0.39, 0.29) is 23.9 Å². The number of fused-ring (bicyclic) bond motifs is 1. The Labute approximate surface area is 145 Å². The van der Waals surface area contributed by atoms with Crippen molar-refractivity contribution in [3.63, 3.8) is 0 Å². The maximum atomic E-state index is 12.6. The van der Waals surface area contributed by atoms with Crippen LogP contribution in [-0.2, 0) is 16.0 Å². The molecule has 0 radical (unpaired) electrons. The molecule has 1 aliphatic rings. The first-order valence-corrected chi connectivity index (χ1v) is 8.57. The summed E-state index contributed by atoms with van der Waals surface area (Å²) in [6.45, 7) is 8.32. The quantitative estimate of drug-likeness (QED) is 0.920. The molecular weight excluding hydrogens is 302 g/mol. The highest BCUT2D eigenvalue weighted by molar-refractivity contribution is 5.87. The summed E-state index contributed by atoms with van der Waals surface area (Å²) in [4.78, 5) is 28.2. The topological polar surface area (TPSA) is 52.7 Å². The number of carbonyl (C=O) groups excluding carboxylic acids is 2. The molecule has 1 aromatic carbocycles. The van der Waals surface area contributed by atoms with Crippen molar-refractivity contribution < 1.29 is 9.59 Å². The molecule has 5 heteroatoms. The smallest absolute Gasteiger partial charge is 0.242 e. The van der Waals surface area contributed by atoms with Crippen LogP contribution in [0, 0.1) is 0 Å². The van der Waals surface area contributed by atoms with Gasteiger partial charge in [-0.1, -0.05) is 18.2 Å². The molecule has 1 aliphatic heterocycles. The van der Waals surface area contributed by atoms with Crippen LogP contribution in [0.1, 0.15) is 39.7 Å². The number of carbonyl (C=O) groups is 2.